The molecule has 6 atom stereocenters. The molecule has 3 amide bonds. The van der Waals surface area contributed by atoms with Crippen molar-refractivity contribution in [1.29, 1.82) is 0 Å². The Balaban J connectivity index is 1.31. The summed E-state index contributed by atoms with van der Waals surface area (Å²) in [4.78, 5) is 49.6. The molecule has 4 heterocycles. The van der Waals surface area contributed by atoms with Gasteiger partial charge in [-0.15, -0.1) is 11.8 Å². The van der Waals surface area contributed by atoms with Crippen LogP contribution in [0.4, 0.5) is 0 Å². The van der Waals surface area contributed by atoms with E-state index in [-0.39, 0.29) is 35.6 Å². The molecule has 1 spiro atoms. The Kier molecular flexibility index (Phi) is 7.68. The van der Waals surface area contributed by atoms with E-state index >= 15 is 0 Å². The minimum atomic E-state index is -0.898. The van der Waals surface area contributed by atoms with Crippen LogP contribution in [0.2, 0.25) is 0 Å². The van der Waals surface area contributed by atoms with Gasteiger partial charge in [0.05, 0.1) is 29.2 Å². The van der Waals surface area contributed by atoms with E-state index in [4.69, 9.17) is 0 Å². The lowest BCUT2D eigenvalue weighted by molar-refractivity contribution is -0.148. The first-order valence-electron chi connectivity index (χ1n) is 15.7. The van der Waals surface area contributed by atoms with Crippen molar-refractivity contribution in [3.63, 3.8) is 0 Å². The number of rotatable bonds is 6. The molecule has 2 saturated heterocycles. The molecular formula is C35H39N3O4S. The lowest BCUT2D eigenvalue weighted by atomic mass is 9.78. The van der Waals surface area contributed by atoms with Crippen molar-refractivity contribution < 1.29 is 19.5 Å². The third-order valence-electron chi connectivity index (χ3n) is 10.1. The van der Waals surface area contributed by atoms with Crippen LogP contribution in [-0.4, -0.2) is 79.3 Å². The first-order valence-corrected chi connectivity index (χ1v) is 16.5. The molecule has 5 aliphatic rings. The second-order valence-corrected chi connectivity index (χ2v) is 14.0. The van der Waals surface area contributed by atoms with Gasteiger partial charge in [0.15, 0.2) is 0 Å². The maximum atomic E-state index is 14.8. The van der Waals surface area contributed by atoms with Crippen molar-refractivity contribution >= 4 is 29.5 Å². The monoisotopic (exact) mass is 597 g/mol. The summed E-state index contributed by atoms with van der Waals surface area (Å²) in [6, 6.07) is 18.1. The normalized spacial score (nSPS) is 31.5. The van der Waals surface area contributed by atoms with E-state index in [1.807, 2.05) is 76.5 Å². The highest BCUT2D eigenvalue weighted by molar-refractivity contribution is 8.02. The van der Waals surface area contributed by atoms with Crippen LogP contribution in [0.3, 0.4) is 0 Å². The first kappa shape index (κ1) is 28.4. The number of thioether (sulfide) groups is 1. The molecule has 43 heavy (non-hydrogen) atoms. The van der Waals surface area contributed by atoms with E-state index in [0.29, 0.717) is 19.6 Å². The minimum absolute atomic E-state index is 0.0447. The third kappa shape index (κ3) is 4.74. The van der Waals surface area contributed by atoms with Gasteiger partial charge in [-0.05, 0) is 24.0 Å². The van der Waals surface area contributed by atoms with Crippen molar-refractivity contribution in [1.82, 2.24) is 14.7 Å². The fraction of sp³-hybridized carbons (Fsp3) is 0.457. The molecule has 7 nitrogen and oxygen atoms in total. The summed E-state index contributed by atoms with van der Waals surface area (Å²) < 4.78 is -0.898. The zero-order valence-electron chi connectivity index (χ0n) is 24.3. The summed E-state index contributed by atoms with van der Waals surface area (Å²) in [5.41, 5.74) is 1.83. The number of benzene rings is 2. The highest BCUT2D eigenvalue weighted by Crippen LogP contribution is 2.62. The quantitative estimate of drug-likeness (QED) is 0.501. The number of carbonyl (C=O) groups excluding carboxylic acids is 3. The van der Waals surface area contributed by atoms with Crippen molar-refractivity contribution in [2.24, 2.45) is 11.8 Å². The van der Waals surface area contributed by atoms with Crippen molar-refractivity contribution in [2.75, 3.05) is 19.7 Å². The Morgan fingerprint density at radius 1 is 0.860 bits per heavy atom. The number of aliphatic hydroxyl groups excluding tert-OH is 1. The molecule has 3 fully saturated rings. The number of nitrogens with zero attached hydrogens (tertiary/aromatic N) is 3. The van der Waals surface area contributed by atoms with Gasteiger partial charge in [0.2, 0.25) is 17.7 Å². The van der Waals surface area contributed by atoms with Gasteiger partial charge in [-0.3, -0.25) is 14.4 Å². The number of hydrogen-bond donors (Lipinski definition) is 1. The number of likely N-dealkylation sites (tertiary alicyclic amines) is 1. The zero-order valence-corrected chi connectivity index (χ0v) is 25.1. The van der Waals surface area contributed by atoms with Crippen LogP contribution in [0.25, 0.3) is 0 Å². The average Bonchev–Trinajstić information content (AvgIpc) is 3.36. The zero-order chi connectivity index (χ0) is 29.6. The predicted molar refractivity (Wildman–Crippen MR) is 167 cm³/mol. The summed E-state index contributed by atoms with van der Waals surface area (Å²) >= 11 is 1.61. The number of carbonyl (C=O) groups is 3. The van der Waals surface area contributed by atoms with E-state index in [1.54, 1.807) is 16.7 Å². The Morgan fingerprint density at radius 3 is 2.30 bits per heavy atom. The van der Waals surface area contributed by atoms with E-state index < -0.39 is 28.7 Å². The second kappa shape index (κ2) is 11.6. The fourth-order valence-electron chi connectivity index (χ4n) is 8.18. The molecule has 224 valence electrons. The molecule has 0 radical (unpaired) electrons. The molecule has 1 N–H and O–H groups in total. The lowest BCUT2D eigenvalue weighted by Crippen LogP contribution is -2.56. The van der Waals surface area contributed by atoms with Crippen LogP contribution in [0, 0.1) is 11.8 Å². The van der Waals surface area contributed by atoms with Crippen molar-refractivity contribution in [2.45, 2.75) is 66.8 Å². The van der Waals surface area contributed by atoms with Gasteiger partial charge in [-0.1, -0.05) is 104 Å². The SMILES string of the molecule is O=C1[C@@H]2[C@H]3C(=O)N([C@H](CO)c4ccccc4)C4C(=O)N(C5CCCCC5)CC=C[C@@]43S[C@@H]2C=CCN1Cc1ccccc1. The summed E-state index contributed by atoms with van der Waals surface area (Å²) in [6.45, 7) is 1.15. The Labute approximate surface area is 257 Å². The summed E-state index contributed by atoms with van der Waals surface area (Å²) in [7, 11) is 0. The van der Waals surface area contributed by atoms with Crippen LogP contribution >= 0.6 is 11.8 Å². The molecule has 2 aromatic carbocycles. The van der Waals surface area contributed by atoms with E-state index in [9.17, 15) is 19.5 Å². The standard InChI is InChI=1S/C35H39N3O4S/c39-23-27(25-14-6-2-7-15-25)38-31-34(42)37(26-16-8-3-9-17-26)21-11-19-35(31)30(33(38)41)29-28(43-35)18-10-20-36(32(29)40)22-24-12-4-1-5-13-24/h1-2,4-7,10-15,18-19,26-31,39H,3,8-9,16-17,20-23H2/t27-,28-,29+,30+,31?,35+/m1/s1. The smallest absolute Gasteiger partial charge is 0.247 e. The van der Waals surface area contributed by atoms with E-state index in [1.165, 1.54) is 6.42 Å². The van der Waals surface area contributed by atoms with Crippen LogP contribution in [0.15, 0.2) is 85.0 Å². The second-order valence-electron chi connectivity index (χ2n) is 12.5. The third-order valence-corrected chi connectivity index (χ3v) is 11.9. The van der Waals surface area contributed by atoms with Crippen LogP contribution < -0.4 is 0 Å². The first-order chi connectivity index (χ1) is 21.0. The Hall–Kier alpha value is -3.36. The predicted octanol–water partition coefficient (Wildman–Crippen LogP) is 4.35. The van der Waals surface area contributed by atoms with Gasteiger partial charge in [0, 0.05) is 30.9 Å². The Morgan fingerprint density at radius 2 is 1.58 bits per heavy atom. The van der Waals surface area contributed by atoms with Gasteiger partial charge in [0.25, 0.3) is 0 Å². The summed E-state index contributed by atoms with van der Waals surface area (Å²) in [5, 5.41) is 10.6. The van der Waals surface area contributed by atoms with Gasteiger partial charge >= 0.3 is 0 Å². The highest BCUT2D eigenvalue weighted by atomic mass is 32.2. The summed E-state index contributed by atoms with van der Waals surface area (Å²) in [6.07, 6.45) is 13.6. The van der Waals surface area contributed by atoms with Crippen LogP contribution in [-0.2, 0) is 20.9 Å². The molecule has 0 bridgehead atoms. The van der Waals surface area contributed by atoms with Crippen LogP contribution in [0.5, 0.6) is 0 Å². The molecule has 2 aromatic rings. The molecule has 4 aliphatic heterocycles. The fourth-order valence-corrected chi connectivity index (χ4v) is 10.2. The number of amides is 3. The van der Waals surface area contributed by atoms with Gasteiger partial charge in [0.1, 0.15) is 6.04 Å². The largest absolute Gasteiger partial charge is 0.394 e. The maximum absolute atomic E-state index is 14.8. The topological polar surface area (TPSA) is 81.2 Å². The average molecular weight is 598 g/mol. The number of aliphatic hydroxyl groups is 1. The van der Waals surface area contributed by atoms with Crippen molar-refractivity contribution in [3.05, 3.63) is 96.1 Å². The van der Waals surface area contributed by atoms with Gasteiger partial charge in [-0.2, -0.15) is 0 Å². The molecule has 8 heteroatoms. The molecule has 7 rings (SSSR count). The minimum Gasteiger partial charge on any atom is -0.394 e. The highest BCUT2D eigenvalue weighted by Gasteiger charge is 2.72. The molecule has 1 saturated carbocycles. The maximum Gasteiger partial charge on any atom is 0.247 e. The van der Waals surface area contributed by atoms with Crippen LogP contribution in [0.1, 0.15) is 49.3 Å². The van der Waals surface area contributed by atoms with Gasteiger partial charge < -0.3 is 19.8 Å². The van der Waals surface area contributed by atoms with E-state index in [2.05, 4.69) is 18.2 Å². The number of fused-ring (bicyclic) bond motifs is 2. The van der Waals surface area contributed by atoms with E-state index in [0.717, 1.165) is 36.8 Å². The molecule has 1 unspecified atom stereocenters. The van der Waals surface area contributed by atoms with Crippen molar-refractivity contribution in [3.8, 4) is 0 Å². The van der Waals surface area contributed by atoms with Gasteiger partial charge in [-0.25, -0.2) is 0 Å². The molecular weight excluding hydrogens is 558 g/mol. The number of hydrogen-bond acceptors (Lipinski definition) is 5. The summed E-state index contributed by atoms with van der Waals surface area (Å²) in [5.74, 6) is -1.61. The Bertz CT molecular complexity index is 1430. The molecule has 0 aromatic heterocycles. The molecule has 1 aliphatic carbocycles. The lowest BCUT2D eigenvalue weighted by Gasteiger charge is -2.41.